The normalized spacial score (nSPS) is 11.4. The first kappa shape index (κ1) is 18.8. The molecule has 2 aromatic heterocycles. The maximum atomic E-state index is 12.9. The fourth-order valence-electron chi connectivity index (χ4n) is 2.36. The lowest BCUT2D eigenvalue weighted by Crippen LogP contribution is -2.18. The third-order valence-corrected chi connectivity index (χ3v) is 3.97. The van der Waals surface area contributed by atoms with E-state index in [0.717, 1.165) is 12.1 Å². The molecule has 140 valence electrons. The lowest BCUT2D eigenvalue weighted by Gasteiger charge is -2.11. The quantitative estimate of drug-likeness (QED) is 0.710. The zero-order chi connectivity index (χ0) is 19.6. The number of carbonyl (C=O) groups is 1. The Kier molecular flexibility index (Phi) is 5.09. The molecule has 5 nitrogen and oxygen atoms in total. The Balaban J connectivity index is 1.75. The SMILES string of the molecule is O=C(Nc1ccc(Cl)c(C(F)(F)F)c1)c1ccc(Cn2ccccc2=O)o1. The first-order valence-electron chi connectivity index (χ1n) is 7.66. The minimum absolute atomic E-state index is 0.0750. The number of carbonyl (C=O) groups excluding carboxylic acids is 1. The van der Waals surface area contributed by atoms with Crippen LogP contribution in [0.25, 0.3) is 0 Å². The number of pyridine rings is 1. The van der Waals surface area contributed by atoms with Crippen molar-refractivity contribution >= 4 is 23.2 Å². The fraction of sp³-hybridized carbons (Fsp3) is 0.111. The molecular formula is C18H12ClF3N2O3. The summed E-state index contributed by atoms with van der Waals surface area (Å²) < 4.78 is 45.4. The van der Waals surface area contributed by atoms with Gasteiger partial charge in [0.2, 0.25) is 0 Å². The number of rotatable bonds is 4. The highest BCUT2D eigenvalue weighted by Gasteiger charge is 2.33. The van der Waals surface area contributed by atoms with Gasteiger partial charge < -0.3 is 14.3 Å². The van der Waals surface area contributed by atoms with Crippen LogP contribution in [0, 0.1) is 0 Å². The highest BCUT2D eigenvalue weighted by atomic mass is 35.5. The van der Waals surface area contributed by atoms with Crippen LogP contribution in [0.1, 0.15) is 21.9 Å². The first-order chi connectivity index (χ1) is 12.7. The van der Waals surface area contributed by atoms with Crippen molar-refractivity contribution in [2.24, 2.45) is 0 Å². The second-order valence-electron chi connectivity index (χ2n) is 5.58. The van der Waals surface area contributed by atoms with Gasteiger partial charge in [0.05, 0.1) is 17.1 Å². The van der Waals surface area contributed by atoms with E-state index in [0.29, 0.717) is 5.76 Å². The van der Waals surface area contributed by atoms with Gasteiger partial charge in [0.1, 0.15) is 5.76 Å². The Bertz CT molecular complexity index is 1040. The van der Waals surface area contributed by atoms with Crippen LogP contribution >= 0.6 is 11.6 Å². The molecule has 0 radical (unpaired) electrons. The van der Waals surface area contributed by atoms with E-state index in [1.54, 1.807) is 18.3 Å². The van der Waals surface area contributed by atoms with Gasteiger partial charge in [-0.05, 0) is 36.4 Å². The van der Waals surface area contributed by atoms with Crippen LogP contribution in [-0.4, -0.2) is 10.5 Å². The van der Waals surface area contributed by atoms with E-state index in [1.165, 1.54) is 28.8 Å². The Morgan fingerprint density at radius 2 is 1.93 bits per heavy atom. The average Bonchev–Trinajstić information content (AvgIpc) is 3.06. The summed E-state index contributed by atoms with van der Waals surface area (Å²) in [7, 11) is 0. The maximum absolute atomic E-state index is 12.9. The molecule has 0 saturated heterocycles. The van der Waals surface area contributed by atoms with Gasteiger partial charge in [-0.3, -0.25) is 9.59 Å². The van der Waals surface area contributed by atoms with Gasteiger partial charge in [-0.25, -0.2) is 0 Å². The minimum Gasteiger partial charge on any atom is -0.454 e. The van der Waals surface area contributed by atoms with Crippen molar-refractivity contribution in [3.63, 3.8) is 0 Å². The lowest BCUT2D eigenvalue weighted by atomic mass is 10.2. The van der Waals surface area contributed by atoms with Crippen molar-refractivity contribution in [1.82, 2.24) is 4.57 Å². The smallest absolute Gasteiger partial charge is 0.417 e. The van der Waals surface area contributed by atoms with Gasteiger partial charge in [0.15, 0.2) is 5.76 Å². The number of alkyl halides is 3. The van der Waals surface area contributed by atoms with Crippen LogP contribution in [0.2, 0.25) is 5.02 Å². The number of aromatic nitrogens is 1. The summed E-state index contributed by atoms with van der Waals surface area (Å²) in [5, 5.41) is 1.86. The summed E-state index contributed by atoms with van der Waals surface area (Å²) in [5.41, 5.74) is -1.36. The second kappa shape index (κ2) is 7.32. The van der Waals surface area contributed by atoms with Crippen LogP contribution in [0.15, 0.2) is 63.9 Å². The van der Waals surface area contributed by atoms with Crippen molar-refractivity contribution in [2.45, 2.75) is 12.7 Å². The molecule has 3 aromatic rings. The molecule has 3 rings (SSSR count). The molecule has 0 aliphatic carbocycles. The van der Waals surface area contributed by atoms with E-state index in [9.17, 15) is 22.8 Å². The molecule has 1 aromatic carbocycles. The third kappa shape index (κ3) is 4.40. The summed E-state index contributed by atoms with van der Waals surface area (Å²) >= 11 is 5.55. The zero-order valence-electron chi connectivity index (χ0n) is 13.6. The van der Waals surface area contributed by atoms with E-state index in [4.69, 9.17) is 16.0 Å². The Labute approximate surface area is 156 Å². The number of hydrogen-bond donors (Lipinski definition) is 1. The summed E-state index contributed by atoms with van der Waals surface area (Å²) in [6.07, 6.45) is -3.07. The molecule has 0 bridgehead atoms. The molecule has 0 aliphatic rings. The molecule has 2 heterocycles. The fourth-order valence-corrected chi connectivity index (χ4v) is 2.58. The first-order valence-corrected chi connectivity index (χ1v) is 8.04. The summed E-state index contributed by atoms with van der Waals surface area (Å²) in [4.78, 5) is 23.9. The van der Waals surface area contributed by atoms with Crippen LogP contribution < -0.4 is 10.9 Å². The zero-order valence-corrected chi connectivity index (χ0v) is 14.3. The van der Waals surface area contributed by atoms with Gasteiger partial charge in [-0.2, -0.15) is 13.2 Å². The van der Waals surface area contributed by atoms with Crippen LogP contribution in [0.3, 0.4) is 0 Å². The lowest BCUT2D eigenvalue weighted by molar-refractivity contribution is -0.137. The summed E-state index contributed by atoms with van der Waals surface area (Å²) in [6, 6.07) is 10.6. The van der Waals surface area contributed by atoms with E-state index in [-0.39, 0.29) is 23.6 Å². The number of furan rings is 1. The topological polar surface area (TPSA) is 64.2 Å². The van der Waals surface area contributed by atoms with Crippen molar-refractivity contribution in [1.29, 1.82) is 0 Å². The monoisotopic (exact) mass is 396 g/mol. The number of halogens is 4. The number of nitrogens with one attached hydrogen (secondary N) is 1. The van der Waals surface area contributed by atoms with E-state index >= 15 is 0 Å². The molecule has 0 fully saturated rings. The molecule has 0 aliphatic heterocycles. The minimum atomic E-state index is -4.64. The molecule has 1 N–H and O–H groups in total. The van der Waals surface area contributed by atoms with Crippen LogP contribution in [0.5, 0.6) is 0 Å². The molecular weight excluding hydrogens is 385 g/mol. The largest absolute Gasteiger partial charge is 0.454 e. The standard InChI is InChI=1S/C18H12ClF3N2O3/c19-14-6-4-11(9-13(14)18(20,21)22)23-17(26)15-7-5-12(27-15)10-24-8-2-1-3-16(24)25/h1-9H,10H2,(H,23,26). The average molecular weight is 397 g/mol. The molecule has 9 heteroatoms. The van der Waals surface area contributed by atoms with Gasteiger partial charge in [0.25, 0.3) is 11.5 Å². The van der Waals surface area contributed by atoms with Crippen molar-refractivity contribution in [2.75, 3.05) is 5.32 Å². The number of anilines is 1. The van der Waals surface area contributed by atoms with E-state index < -0.39 is 22.7 Å². The molecule has 0 atom stereocenters. The van der Waals surface area contributed by atoms with E-state index in [2.05, 4.69) is 5.32 Å². The van der Waals surface area contributed by atoms with Gasteiger partial charge in [-0.15, -0.1) is 0 Å². The highest BCUT2D eigenvalue weighted by Crippen LogP contribution is 2.36. The number of hydrogen-bond acceptors (Lipinski definition) is 3. The summed E-state index contributed by atoms with van der Waals surface area (Å²) in [5.74, 6) is -0.477. The molecule has 1 amide bonds. The second-order valence-corrected chi connectivity index (χ2v) is 5.99. The maximum Gasteiger partial charge on any atom is 0.417 e. The summed E-state index contributed by atoms with van der Waals surface area (Å²) in [6.45, 7) is 0.117. The van der Waals surface area contributed by atoms with Crippen molar-refractivity contribution in [3.8, 4) is 0 Å². The van der Waals surface area contributed by atoms with Crippen molar-refractivity contribution < 1.29 is 22.4 Å². The molecule has 0 unspecified atom stereocenters. The number of amides is 1. The molecule has 27 heavy (non-hydrogen) atoms. The van der Waals surface area contributed by atoms with Crippen LogP contribution in [0.4, 0.5) is 18.9 Å². The number of benzene rings is 1. The Morgan fingerprint density at radius 1 is 1.15 bits per heavy atom. The predicted octanol–water partition coefficient (Wildman–Crippen LogP) is 4.41. The van der Waals surface area contributed by atoms with E-state index in [1.807, 2.05) is 0 Å². The van der Waals surface area contributed by atoms with Gasteiger partial charge in [-0.1, -0.05) is 17.7 Å². The number of nitrogens with zero attached hydrogens (tertiary/aromatic N) is 1. The Morgan fingerprint density at radius 3 is 2.63 bits per heavy atom. The predicted molar refractivity (Wildman–Crippen MR) is 92.9 cm³/mol. The van der Waals surface area contributed by atoms with Gasteiger partial charge in [0, 0.05) is 18.0 Å². The third-order valence-electron chi connectivity index (χ3n) is 3.64. The van der Waals surface area contributed by atoms with Crippen molar-refractivity contribution in [3.05, 3.63) is 87.2 Å². The highest BCUT2D eigenvalue weighted by molar-refractivity contribution is 6.31. The Hall–Kier alpha value is -3.00. The molecule has 0 saturated carbocycles. The molecule has 0 spiro atoms. The van der Waals surface area contributed by atoms with Gasteiger partial charge >= 0.3 is 6.18 Å². The van der Waals surface area contributed by atoms with Crippen LogP contribution in [-0.2, 0) is 12.7 Å².